The molecule has 0 bridgehead atoms. The summed E-state index contributed by atoms with van der Waals surface area (Å²) < 4.78 is 1.59. The Morgan fingerprint density at radius 1 is 1.21 bits per heavy atom. The summed E-state index contributed by atoms with van der Waals surface area (Å²) in [5.74, 6) is 1.01. The summed E-state index contributed by atoms with van der Waals surface area (Å²) in [6, 6.07) is 8.70. The van der Waals surface area contributed by atoms with Crippen LogP contribution in [0.15, 0.2) is 24.3 Å². The van der Waals surface area contributed by atoms with Gasteiger partial charge in [-0.15, -0.1) is 5.10 Å². The molecule has 0 amide bonds. The lowest BCUT2D eigenvalue weighted by Crippen LogP contribution is -2.26. The summed E-state index contributed by atoms with van der Waals surface area (Å²) in [6.45, 7) is 6.25. The maximum absolute atomic E-state index is 10.8. The highest BCUT2D eigenvalue weighted by Crippen LogP contribution is 2.41. The molecule has 3 aromatic rings. The highest BCUT2D eigenvalue weighted by molar-refractivity contribution is 7.17. The van der Waals surface area contributed by atoms with Crippen LogP contribution in [0.2, 0.25) is 0 Å². The van der Waals surface area contributed by atoms with Gasteiger partial charge in [-0.3, -0.25) is 4.90 Å². The van der Waals surface area contributed by atoms with Crippen LogP contribution in [0.3, 0.4) is 0 Å². The number of aromatic nitrogens is 3. The minimum atomic E-state index is 0.0756. The van der Waals surface area contributed by atoms with Crippen LogP contribution in [0, 0.1) is 6.92 Å². The van der Waals surface area contributed by atoms with Gasteiger partial charge >= 0.3 is 0 Å². The molecule has 1 saturated heterocycles. The third-order valence-electron chi connectivity index (χ3n) is 4.71. The zero-order valence-electron chi connectivity index (χ0n) is 14.1. The van der Waals surface area contributed by atoms with Gasteiger partial charge in [-0.05, 0) is 38.4 Å². The highest BCUT2D eigenvalue weighted by atomic mass is 32.1. The fourth-order valence-electron chi connectivity index (χ4n) is 3.40. The van der Waals surface area contributed by atoms with Gasteiger partial charge in [0.25, 0.3) is 0 Å². The molecule has 1 N–H and O–H groups in total. The molecule has 0 spiro atoms. The lowest BCUT2D eigenvalue weighted by Gasteiger charge is -2.27. The van der Waals surface area contributed by atoms with Crippen molar-refractivity contribution in [3.63, 3.8) is 0 Å². The fourth-order valence-corrected chi connectivity index (χ4v) is 4.53. The van der Waals surface area contributed by atoms with E-state index in [2.05, 4.69) is 46.2 Å². The average Bonchev–Trinajstić information content (AvgIpc) is 3.29. The first-order valence-electron chi connectivity index (χ1n) is 8.55. The fraction of sp³-hybridized carbons (Fsp3) is 0.444. The number of fused-ring (bicyclic) bond motifs is 1. The summed E-state index contributed by atoms with van der Waals surface area (Å²) in [5, 5.41) is 15.2. The Labute approximate surface area is 145 Å². The van der Waals surface area contributed by atoms with Crippen LogP contribution in [0.25, 0.3) is 4.96 Å². The molecule has 4 rings (SSSR count). The van der Waals surface area contributed by atoms with Crippen LogP contribution in [0.5, 0.6) is 5.88 Å². The number of thiazole rings is 1. The number of aromatic hydroxyl groups is 1. The molecule has 5 nitrogen and oxygen atoms in total. The van der Waals surface area contributed by atoms with Gasteiger partial charge in [-0.1, -0.05) is 48.1 Å². The van der Waals surface area contributed by atoms with E-state index >= 15 is 0 Å². The first-order chi connectivity index (χ1) is 11.7. The van der Waals surface area contributed by atoms with Gasteiger partial charge in [0, 0.05) is 6.42 Å². The summed E-state index contributed by atoms with van der Waals surface area (Å²) >= 11 is 1.55. The van der Waals surface area contributed by atoms with Gasteiger partial charge in [0.2, 0.25) is 10.8 Å². The van der Waals surface area contributed by atoms with Crippen LogP contribution in [-0.4, -0.2) is 37.7 Å². The Bertz CT molecular complexity index is 846. The maximum atomic E-state index is 10.8. The van der Waals surface area contributed by atoms with Crippen molar-refractivity contribution in [3.8, 4) is 5.88 Å². The van der Waals surface area contributed by atoms with E-state index in [0.717, 1.165) is 35.2 Å². The minimum Gasteiger partial charge on any atom is -0.492 e. The molecule has 1 aromatic carbocycles. The number of benzene rings is 1. The van der Waals surface area contributed by atoms with Crippen molar-refractivity contribution >= 4 is 16.3 Å². The molecule has 1 aliphatic heterocycles. The first kappa shape index (κ1) is 15.6. The zero-order chi connectivity index (χ0) is 16.7. The molecule has 0 aliphatic carbocycles. The molecule has 126 valence electrons. The van der Waals surface area contributed by atoms with Crippen molar-refractivity contribution in [3.05, 3.63) is 46.1 Å². The van der Waals surface area contributed by atoms with E-state index in [1.54, 1.807) is 15.9 Å². The van der Waals surface area contributed by atoms with Crippen LogP contribution in [0.1, 0.15) is 47.6 Å². The second kappa shape index (κ2) is 6.18. The molecule has 2 aromatic heterocycles. The molecule has 6 heteroatoms. The Morgan fingerprint density at radius 2 is 1.92 bits per heavy atom. The van der Waals surface area contributed by atoms with Gasteiger partial charge in [-0.2, -0.15) is 4.52 Å². The second-order valence-electron chi connectivity index (χ2n) is 6.42. The molecule has 1 aliphatic rings. The zero-order valence-corrected chi connectivity index (χ0v) is 14.9. The molecular formula is C18H22N4OS. The first-order valence-corrected chi connectivity index (χ1v) is 9.37. The number of hydrogen-bond donors (Lipinski definition) is 1. The van der Waals surface area contributed by atoms with Gasteiger partial charge in [0.05, 0.1) is 10.9 Å². The van der Waals surface area contributed by atoms with Crippen molar-refractivity contribution in [1.82, 2.24) is 19.5 Å². The van der Waals surface area contributed by atoms with Crippen molar-refractivity contribution in [1.29, 1.82) is 0 Å². The van der Waals surface area contributed by atoms with Gasteiger partial charge in [0.15, 0.2) is 5.82 Å². The third-order valence-corrected chi connectivity index (χ3v) is 5.78. The summed E-state index contributed by atoms with van der Waals surface area (Å²) in [4.78, 5) is 8.69. The van der Waals surface area contributed by atoms with E-state index < -0.39 is 0 Å². The van der Waals surface area contributed by atoms with Crippen LogP contribution < -0.4 is 0 Å². The number of nitrogens with zero attached hydrogens (tertiary/aromatic N) is 4. The number of rotatable bonds is 4. The van der Waals surface area contributed by atoms with Gasteiger partial charge in [0.1, 0.15) is 0 Å². The standard InChI is InChI=1S/C18H22N4OS/c1-3-14-19-18-22(20-14)17(23)16(24-18)15(21-10-4-5-11-21)13-8-6-12(2)7-9-13/h6-9,15,23H,3-5,10-11H2,1-2H3/t15-/m1/s1. The van der Waals surface area contributed by atoms with Gasteiger partial charge in [-0.25, -0.2) is 4.98 Å². The van der Waals surface area contributed by atoms with E-state index in [1.165, 1.54) is 24.0 Å². The summed E-state index contributed by atoms with van der Waals surface area (Å²) in [5.41, 5.74) is 2.47. The number of hydrogen-bond acceptors (Lipinski definition) is 5. The van der Waals surface area contributed by atoms with Crippen LogP contribution >= 0.6 is 11.3 Å². The minimum absolute atomic E-state index is 0.0756. The number of likely N-dealkylation sites (tertiary alicyclic amines) is 1. The Morgan fingerprint density at radius 3 is 2.54 bits per heavy atom. The topological polar surface area (TPSA) is 53.7 Å². The molecule has 24 heavy (non-hydrogen) atoms. The van der Waals surface area contributed by atoms with E-state index in [4.69, 9.17) is 0 Å². The van der Waals surface area contributed by atoms with Crippen molar-refractivity contribution in [2.45, 2.75) is 39.2 Å². The normalized spacial score (nSPS) is 16.9. The summed E-state index contributed by atoms with van der Waals surface area (Å²) in [7, 11) is 0. The van der Waals surface area contributed by atoms with Crippen LogP contribution in [-0.2, 0) is 6.42 Å². The van der Waals surface area contributed by atoms with Gasteiger partial charge < -0.3 is 5.11 Å². The second-order valence-corrected chi connectivity index (χ2v) is 7.43. The summed E-state index contributed by atoms with van der Waals surface area (Å²) in [6.07, 6.45) is 3.20. The van der Waals surface area contributed by atoms with Crippen LogP contribution in [0.4, 0.5) is 0 Å². The largest absolute Gasteiger partial charge is 0.492 e. The Kier molecular flexibility index (Phi) is 4.02. The molecule has 1 atom stereocenters. The molecule has 1 fully saturated rings. The monoisotopic (exact) mass is 342 g/mol. The number of aryl methyl sites for hydroxylation is 2. The molecule has 0 radical (unpaired) electrons. The predicted molar refractivity (Wildman–Crippen MR) is 95.7 cm³/mol. The Hall–Kier alpha value is -1.92. The van der Waals surface area contributed by atoms with Crippen molar-refractivity contribution < 1.29 is 5.11 Å². The Balaban J connectivity index is 1.82. The lowest BCUT2D eigenvalue weighted by atomic mass is 10.0. The maximum Gasteiger partial charge on any atom is 0.230 e. The quantitative estimate of drug-likeness (QED) is 0.788. The molecule has 0 saturated carbocycles. The van der Waals surface area contributed by atoms with E-state index in [-0.39, 0.29) is 11.9 Å². The molecule has 0 unspecified atom stereocenters. The smallest absolute Gasteiger partial charge is 0.230 e. The third kappa shape index (κ3) is 2.59. The SMILES string of the molecule is CCc1nc2sc([C@@H](c3ccc(C)cc3)N3CCCC3)c(O)n2n1. The van der Waals surface area contributed by atoms with E-state index in [0.29, 0.717) is 0 Å². The van der Waals surface area contributed by atoms with E-state index in [1.807, 2.05) is 6.92 Å². The average molecular weight is 342 g/mol. The van der Waals surface area contributed by atoms with E-state index in [9.17, 15) is 5.11 Å². The van der Waals surface area contributed by atoms with Crippen molar-refractivity contribution in [2.24, 2.45) is 0 Å². The van der Waals surface area contributed by atoms with Crippen molar-refractivity contribution in [2.75, 3.05) is 13.1 Å². The molecule has 3 heterocycles. The lowest BCUT2D eigenvalue weighted by molar-refractivity contribution is 0.277. The predicted octanol–water partition coefficient (Wildman–Crippen LogP) is 3.55. The molecular weight excluding hydrogens is 320 g/mol. The highest BCUT2D eigenvalue weighted by Gasteiger charge is 2.30.